The molecule has 0 amide bonds. The Hall–Kier alpha value is -0.540. The molecular formula is C14H20BrNO. The number of ether oxygens (including phenoxy) is 1. The molecule has 1 saturated carbocycles. The summed E-state index contributed by atoms with van der Waals surface area (Å²) in [5, 5.41) is 3.36. The van der Waals surface area contributed by atoms with Gasteiger partial charge in [0.25, 0.3) is 0 Å². The largest absolute Gasteiger partial charge is 0.494 e. The highest BCUT2D eigenvalue weighted by Crippen LogP contribution is 2.51. The molecular weight excluding hydrogens is 278 g/mol. The number of benzene rings is 1. The molecule has 1 aromatic rings. The standard InChI is InChI=1S/C14H20BrNO/c1-11(16-2)14(6-7-14)8-9-17-13-5-3-4-12(15)10-13/h3-5,10-11,16H,6-9H2,1-2H3. The maximum atomic E-state index is 5.80. The van der Waals surface area contributed by atoms with Crippen LogP contribution in [0.1, 0.15) is 26.2 Å². The second-order valence-corrected chi connectivity index (χ2v) is 5.84. The molecule has 0 aliphatic heterocycles. The van der Waals surface area contributed by atoms with Gasteiger partial charge < -0.3 is 10.1 Å². The second-order valence-electron chi connectivity index (χ2n) is 4.93. The Bertz CT molecular complexity index is 376. The molecule has 0 aromatic heterocycles. The van der Waals surface area contributed by atoms with Gasteiger partial charge in [0.15, 0.2) is 0 Å². The first-order valence-electron chi connectivity index (χ1n) is 6.22. The van der Waals surface area contributed by atoms with E-state index in [0.717, 1.165) is 23.2 Å². The molecule has 0 bridgehead atoms. The van der Waals surface area contributed by atoms with E-state index in [2.05, 4.69) is 28.2 Å². The van der Waals surface area contributed by atoms with Crippen LogP contribution < -0.4 is 10.1 Å². The van der Waals surface area contributed by atoms with Crippen LogP contribution in [0.5, 0.6) is 5.75 Å². The van der Waals surface area contributed by atoms with Gasteiger partial charge in [-0.15, -0.1) is 0 Å². The third-order valence-corrected chi connectivity index (χ3v) is 4.40. The van der Waals surface area contributed by atoms with Crippen molar-refractivity contribution in [2.24, 2.45) is 5.41 Å². The third-order valence-electron chi connectivity index (χ3n) is 3.91. The molecule has 1 aromatic carbocycles. The van der Waals surface area contributed by atoms with Gasteiger partial charge in [-0.2, -0.15) is 0 Å². The molecule has 1 aliphatic rings. The third kappa shape index (κ3) is 3.23. The topological polar surface area (TPSA) is 21.3 Å². The molecule has 0 heterocycles. The van der Waals surface area contributed by atoms with Crippen LogP contribution in [0.2, 0.25) is 0 Å². The molecule has 0 radical (unpaired) electrons. The average molecular weight is 298 g/mol. The minimum atomic E-state index is 0.487. The average Bonchev–Trinajstić information content (AvgIpc) is 3.09. The molecule has 1 unspecified atom stereocenters. The summed E-state index contributed by atoms with van der Waals surface area (Å²) in [4.78, 5) is 0. The molecule has 0 saturated heterocycles. The molecule has 17 heavy (non-hydrogen) atoms. The van der Waals surface area contributed by atoms with E-state index in [1.807, 2.05) is 31.3 Å². The van der Waals surface area contributed by atoms with Crippen molar-refractivity contribution in [1.29, 1.82) is 0 Å². The molecule has 1 N–H and O–H groups in total. The lowest BCUT2D eigenvalue weighted by molar-refractivity contribution is 0.242. The van der Waals surface area contributed by atoms with E-state index in [9.17, 15) is 0 Å². The van der Waals surface area contributed by atoms with Crippen molar-refractivity contribution in [2.75, 3.05) is 13.7 Å². The molecule has 0 spiro atoms. The van der Waals surface area contributed by atoms with Gasteiger partial charge in [-0.1, -0.05) is 22.0 Å². The highest BCUT2D eigenvalue weighted by molar-refractivity contribution is 9.10. The van der Waals surface area contributed by atoms with E-state index < -0.39 is 0 Å². The van der Waals surface area contributed by atoms with Crippen LogP contribution in [0, 0.1) is 5.41 Å². The van der Waals surface area contributed by atoms with Crippen molar-refractivity contribution in [2.45, 2.75) is 32.2 Å². The fraction of sp³-hybridized carbons (Fsp3) is 0.571. The van der Waals surface area contributed by atoms with Gasteiger partial charge in [0.1, 0.15) is 5.75 Å². The van der Waals surface area contributed by atoms with Gasteiger partial charge in [-0.05, 0) is 56.8 Å². The number of rotatable bonds is 6. The van der Waals surface area contributed by atoms with Crippen LogP contribution in [-0.2, 0) is 0 Å². The van der Waals surface area contributed by atoms with Crippen LogP contribution in [-0.4, -0.2) is 19.7 Å². The molecule has 1 aliphatic carbocycles. The number of hydrogen-bond acceptors (Lipinski definition) is 2. The zero-order valence-electron chi connectivity index (χ0n) is 10.5. The summed E-state index contributed by atoms with van der Waals surface area (Å²) in [7, 11) is 2.04. The quantitative estimate of drug-likeness (QED) is 0.866. The van der Waals surface area contributed by atoms with Crippen molar-refractivity contribution in [3.8, 4) is 5.75 Å². The van der Waals surface area contributed by atoms with E-state index in [4.69, 9.17) is 4.74 Å². The monoisotopic (exact) mass is 297 g/mol. The van der Waals surface area contributed by atoms with Crippen molar-refractivity contribution < 1.29 is 4.74 Å². The normalized spacial score (nSPS) is 18.8. The summed E-state index contributed by atoms with van der Waals surface area (Å²) in [6.45, 7) is 3.08. The van der Waals surface area contributed by atoms with Gasteiger partial charge in [-0.25, -0.2) is 0 Å². The van der Waals surface area contributed by atoms with Crippen molar-refractivity contribution in [3.63, 3.8) is 0 Å². The van der Waals surface area contributed by atoms with E-state index in [0.29, 0.717) is 11.5 Å². The Morgan fingerprint density at radius 3 is 2.82 bits per heavy atom. The van der Waals surface area contributed by atoms with Crippen molar-refractivity contribution in [3.05, 3.63) is 28.7 Å². The smallest absolute Gasteiger partial charge is 0.120 e. The lowest BCUT2D eigenvalue weighted by atomic mass is 9.94. The Labute approximate surface area is 112 Å². The minimum Gasteiger partial charge on any atom is -0.494 e. The number of hydrogen-bond donors (Lipinski definition) is 1. The van der Waals surface area contributed by atoms with Gasteiger partial charge >= 0.3 is 0 Å². The maximum absolute atomic E-state index is 5.80. The van der Waals surface area contributed by atoms with Crippen molar-refractivity contribution in [1.82, 2.24) is 5.32 Å². The highest BCUT2D eigenvalue weighted by Gasteiger charge is 2.46. The summed E-state index contributed by atoms with van der Waals surface area (Å²) in [5.74, 6) is 0.951. The van der Waals surface area contributed by atoms with Gasteiger partial charge in [0.2, 0.25) is 0 Å². The zero-order chi connectivity index (χ0) is 12.3. The summed E-state index contributed by atoms with van der Waals surface area (Å²) in [5.41, 5.74) is 0.487. The molecule has 2 rings (SSSR count). The molecule has 94 valence electrons. The Balaban J connectivity index is 1.80. The van der Waals surface area contributed by atoms with E-state index >= 15 is 0 Å². The summed E-state index contributed by atoms with van der Waals surface area (Å²) in [6.07, 6.45) is 3.80. The van der Waals surface area contributed by atoms with Gasteiger partial charge in [-0.3, -0.25) is 0 Å². The predicted octanol–water partition coefficient (Wildman–Crippen LogP) is 3.61. The first-order chi connectivity index (χ1) is 8.16. The zero-order valence-corrected chi connectivity index (χ0v) is 12.1. The first kappa shape index (κ1) is 12.9. The van der Waals surface area contributed by atoms with Crippen LogP contribution in [0.15, 0.2) is 28.7 Å². The van der Waals surface area contributed by atoms with E-state index in [1.165, 1.54) is 12.8 Å². The van der Waals surface area contributed by atoms with Crippen LogP contribution >= 0.6 is 15.9 Å². The van der Waals surface area contributed by atoms with Crippen LogP contribution in [0.4, 0.5) is 0 Å². The molecule has 2 nitrogen and oxygen atoms in total. The lowest BCUT2D eigenvalue weighted by Crippen LogP contribution is -2.32. The lowest BCUT2D eigenvalue weighted by Gasteiger charge is -2.22. The Kier molecular flexibility index (Phi) is 4.10. The molecule has 1 fully saturated rings. The first-order valence-corrected chi connectivity index (χ1v) is 7.01. The second kappa shape index (κ2) is 5.40. The maximum Gasteiger partial charge on any atom is 0.120 e. The molecule has 1 atom stereocenters. The summed E-state index contributed by atoms with van der Waals surface area (Å²) < 4.78 is 6.87. The number of halogens is 1. The van der Waals surface area contributed by atoms with Crippen LogP contribution in [0.25, 0.3) is 0 Å². The Morgan fingerprint density at radius 1 is 1.47 bits per heavy atom. The predicted molar refractivity (Wildman–Crippen MR) is 74.4 cm³/mol. The number of nitrogens with one attached hydrogen (secondary N) is 1. The fourth-order valence-electron chi connectivity index (χ4n) is 2.30. The molecule has 3 heteroatoms. The summed E-state index contributed by atoms with van der Waals surface area (Å²) in [6, 6.07) is 8.63. The SMILES string of the molecule is CNC(C)C1(CCOc2cccc(Br)c2)CC1. The fourth-order valence-corrected chi connectivity index (χ4v) is 2.67. The summed E-state index contributed by atoms with van der Waals surface area (Å²) >= 11 is 3.45. The van der Waals surface area contributed by atoms with Crippen molar-refractivity contribution >= 4 is 15.9 Å². The minimum absolute atomic E-state index is 0.487. The highest BCUT2D eigenvalue weighted by atomic mass is 79.9. The Morgan fingerprint density at radius 2 is 2.24 bits per heavy atom. The van der Waals surface area contributed by atoms with Gasteiger partial charge in [0.05, 0.1) is 6.61 Å². The van der Waals surface area contributed by atoms with E-state index in [1.54, 1.807) is 0 Å². The van der Waals surface area contributed by atoms with Crippen LogP contribution in [0.3, 0.4) is 0 Å². The van der Waals surface area contributed by atoms with Gasteiger partial charge in [0, 0.05) is 10.5 Å². The van der Waals surface area contributed by atoms with E-state index in [-0.39, 0.29) is 0 Å².